The van der Waals surface area contributed by atoms with E-state index in [4.69, 9.17) is 34.8 Å². The fourth-order valence-electron chi connectivity index (χ4n) is 3.86. The number of amides is 2. The Balaban J connectivity index is 2.04. The van der Waals surface area contributed by atoms with Crippen LogP contribution in [0.5, 0.6) is 0 Å². The van der Waals surface area contributed by atoms with Gasteiger partial charge >= 0.3 is 0 Å². The molecule has 0 saturated carbocycles. The van der Waals surface area contributed by atoms with Crippen LogP contribution in [-0.4, -0.2) is 43.8 Å². The lowest BCUT2D eigenvalue weighted by Gasteiger charge is -2.32. The molecular formula is C29H32Cl3N3O4S. The summed E-state index contributed by atoms with van der Waals surface area (Å²) in [5.41, 5.74) is 1.70. The van der Waals surface area contributed by atoms with Crippen molar-refractivity contribution in [3.05, 3.63) is 92.9 Å². The molecule has 0 aliphatic carbocycles. The zero-order valence-electron chi connectivity index (χ0n) is 22.7. The molecule has 2 atom stereocenters. The number of aryl methyl sites for hydroxylation is 1. The van der Waals surface area contributed by atoms with Crippen molar-refractivity contribution in [2.24, 2.45) is 0 Å². The molecule has 40 heavy (non-hydrogen) atoms. The van der Waals surface area contributed by atoms with Crippen molar-refractivity contribution in [2.75, 3.05) is 10.8 Å². The van der Waals surface area contributed by atoms with Crippen LogP contribution in [0.1, 0.15) is 38.3 Å². The number of rotatable bonds is 11. The first-order valence-corrected chi connectivity index (χ1v) is 15.3. The Morgan fingerprint density at radius 2 is 1.50 bits per heavy atom. The maximum absolute atomic E-state index is 14.0. The molecule has 7 nitrogen and oxygen atoms in total. The Morgan fingerprint density at radius 3 is 2.08 bits per heavy atom. The van der Waals surface area contributed by atoms with Gasteiger partial charge in [0.15, 0.2) is 0 Å². The van der Waals surface area contributed by atoms with Gasteiger partial charge in [-0.15, -0.1) is 0 Å². The van der Waals surface area contributed by atoms with Gasteiger partial charge in [0.1, 0.15) is 12.6 Å². The minimum Gasteiger partial charge on any atom is -0.352 e. The first-order valence-electron chi connectivity index (χ1n) is 12.7. The number of benzene rings is 3. The summed E-state index contributed by atoms with van der Waals surface area (Å²) in [6.45, 7) is 6.64. The third-order valence-electron chi connectivity index (χ3n) is 6.53. The van der Waals surface area contributed by atoms with E-state index in [1.165, 1.54) is 29.2 Å². The van der Waals surface area contributed by atoms with Crippen LogP contribution in [0.3, 0.4) is 0 Å². The van der Waals surface area contributed by atoms with E-state index >= 15 is 0 Å². The highest BCUT2D eigenvalue weighted by atomic mass is 35.5. The number of hydrogen-bond donors (Lipinski definition) is 1. The lowest BCUT2D eigenvalue weighted by Crippen LogP contribution is -2.52. The Bertz CT molecular complexity index is 1450. The van der Waals surface area contributed by atoms with E-state index in [1.54, 1.807) is 49.4 Å². The third-order valence-corrected chi connectivity index (χ3v) is 9.15. The van der Waals surface area contributed by atoms with Gasteiger partial charge in [-0.3, -0.25) is 13.9 Å². The number of sulfonamides is 1. The number of anilines is 1. The molecule has 0 saturated heterocycles. The van der Waals surface area contributed by atoms with Crippen molar-refractivity contribution >= 4 is 62.3 Å². The summed E-state index contributed by atoms with van der Waals surface area (Å²) in [5, 5.41) is 4.05. The van der Waals surface area contributed by atoms with Crippen LogP contribution >= 0.6 is 34.8 Å². The molecule has 2 amide bonds. The average Bonchev–Trinajstić information content (AvgIpc) is 2.91. The summed E-state index contributed by atoms with van der Waals surface area (Å²) in [7, 11) is -4.17. The molecule has 3 aromatic rings. The second-order valence-corrected chi connectivity index (χ2v) is 12.7. The number of nitrogens with zero attached hydrogens (tertiary/aromatic N) is 2. The topological polar surface area (TPSA) is 86.8 Å². The standard InChI is InChI=1S/C29H32Cl3N3O4S/c1-5-20(3)33-29(37)21(4)34(17-22-8-9-24(31)16-27(22)32)28(36)18-35(25-12-10-23(30)11-13-25)40(38,39)26-14-6-19(2)7-15-26/h6-16,20-21H,5,17-18H2,1-4H3,(H,33,37)/t20-,21-/m1/s1. The maximum atomic E-state index is 14.0. The van der Waals surface area contributed by atoms with Crippen molar-refractivity contribution in [3.63, 3.8) is 0 Å². The minimum absolute atomic E-state index is 0.0238. The minimum atomic E-state index is -4.17. The van der Waals surface area contributed by atoms with Gasteiger partial charge in [0, 0.05) is 27.7 Å². The summed E-state index contributed by atoms with van der Waals surface area (Å²) >= 11 is 18.5. The number of halogens is 3. The summed E-state index contributed by atoms with van der Waals surface area (Å²) < 4.78 is 28.7. The van der Waals surface area contributed by atoms with Gasteiger partial charge in [0.05, 0.1) is 10.6 Å². The van der Waals surface area contributed by atoms with E-state index in [0.29, 0.717) is 27.1 Å². The molecule has 0 unspecified atom stereocenters. The van der Waals surface area contributed by atoms with E-state index in [2.05, 4.69) is 5.32 Å². The van der Waals surface area contributed by atoms with E-state index in [9.17, 15) is 18.0 Å². The Morgan fingerprint density at radius 1 is 0.900 bits per heavy atom. The van der Waals surface area contributed by atoms with Gasteiger partial charge in [-0.1, -0.05) is 65.5 Å². The second kappa shape index (κ2) is 13.7. The molecule has 1 N–H and O–H groups in total. The molecule has 0 spiro atoms. The molecule has 0 fully saturated rings. The van der Waals surface area contributed by atoms with Gasteiger partial charge in [-0.2, -0.15) is 0 Å². The van der Waals surface area contributed by atoms with Crippen LogP contribution in [0.4, 0.5) is 5.69 Å². The van der Waals surface area contributed by atoms with E-state index in [0.717, 1.165) is 9.87 Å². The largest absolute Gasteiger partial charge is 0.352 e. The monoisotopic (exact) mass is 623 g/mol. The van der Waals surface area contributed by atoms with Crippen molar-refractivity contribution < 1.29 is 18.0 Å². The van der Waals surface area contributed by atoms with Gasteiger partial charge < -0.3 is 10.2 Å². The predicted molar refractivity (Wildman–Crippen MR) is 162 cm³/mol. The van der Waals surface area contributed by atoms with Crippen LogP contribution in [0.2, 0.25) is 15.1 Å². The Hall–Kier alpha value is -2.78. The lowest BCUT2D eigenvalue weighted by atomic mass is 10.1. The van der Waals surface area contributed by atoms with Gasteiger partial charge in [-0.05, 0) is 81.3 Å². The van der Waals surface area contributed by atoms with Crippen LogP contribution in [0, 0.1) is 6.92 Å². The van der Waals surface area contributed by atoms with Crippen LogP contribution in [0.25, 0.3) is 0 Å². The fourth-order valence-corrected chi connectivity index (χ4v) is 5.86. The molecule has 11 heteroatoms. The van der Waals surface area contributed by atoms with Crippen molar-refractivity contribution in [1.82, 2.24) is 10.2 Å². The number of carbonyl (C=O) groups excluding carboxylic acids is 2. The molecule has 0 aliphatic rings. The average molecular weight is 625 g/mol. The zero-order valence-corrected chi connectivity index (χ0v) is 25.8. The second-order valence-electron chi connectivity index (χ2n) is 9.55. The van der Waals surface area contributed by atoms with Gasteiger partial charge in [0.2, 0.25) is 11.8 Å². The van der Waals surface area contributed by atoms with Crippen molar-refractivity contribution in [2.45, 2.75) is 57.6 Å². The maximum Gasteiger partial charge on any atom is 0.264 e. The van der Waals surface area contributed by atoms with E-state index < -0.39 is 28.5 Å². The number of nitrogens with one attached hydrogen (secondary N) is 1. The molecule has 0 heterocycles. The highest BCUT2D eigenvalue weighted by Gasteiger charge is 2.33. The number of hydrogen-bond acceptors (Lipinski definition) is 4. The molecule has 214 valence electrons. The molecule has 3 aromatic carbocycles. The fraction of sp³-hybridized carbons (Fsp3) is 0.310. The molecule has 0 bridgehead atoms. The van der Waals surface area contributed by atoms with Crippen LogP contribution in [-0.2, 0) is 26.2 Å². The zero-order chi connectivity index (χ0) is 29.6. The Labute approximate surface area is 251 Å². The summed E-state index contributed by atoms with van der Waals surface area (Å²) in [6.07, 6.45) is 0.703. The molecular weight excluding hydrogens is 593 g/mol. The molecule has 3 rings (SSSR count). The smallest absolute Gasteiger partial charge is 0.264 e. The summed E-state index contributed by atoms with van der Waals surface area (Å²) in [5.74, 6) is -0.962. The summed E-state index contributed by atoms with van der Waals surface area (Å²) in [6, 6.07) is 16.3. The van der Waals surface area contributed by atoms with E-state index in [-0.39, 0.29) is 29.1 Å². The molecule has 0 aromatic heterocycles. The quantitative estimate of drug-likeness (QED) is 0.265. The van der Waals surface area contributed by atoms with Crippen LogP contribution < -0.4 is 9.62 Å². The Kier molecular flexibility index (Phi) is 10.9. The summed E-state index contributed by atoms with van der Waals surface area (Å²) in [4.78, 5) is 28.4. The number of carbonyl (C=O) groups is 2. The first-order chi connectivity index (χ1) is 18.8. The third kappa shape index (κ3) is 7.91. The van der Waals surface area contributed by atoms with Crippen molar-refractivity contribution in [1.29, 1.82) is 0 Å². The van der Waals surface area contributed by atoms with Crippen LogP contribution in [0.15, 0.2) is 71.6 Å². The predicted octanol–water partition coefficient (Wildman–Crippen LogP) is 6.48. The van der Waals surface area contributed by atoms with Gasteiger partial charge in [0.25, 0.3) is 10.0 Å². The molecule has 0 radical (unpaired) electrons. The van der Waals surface area contributed by atoms with E-state index in [1.807, 2.05) is 20.8 Å². The molecule has 0 aliphatic heterocycles. The SMILES string of the molecule is CC[C@@H](C)NC(=O)[C@@H](C)N(Cc1ccc(Cl)cc1Cl)C(=O)CN(c1ccc(Cl)cc1)S(=O)(=O)c1ccc(C)cc1. The highest BCUT2D eigenvalue weighted by Crippen LogP contribution is 2.27. The lowest BCUT2D eigenvalue weighted by molar-refractivity contribution is -0.139. The van der Waals surface area contributed by atoms with Crippen molar-refractivity contribution in [3.8, 4) is 0 Å². The first kappa shape index (κ1) is 31.7. The highest BCUT2D eigenvalue weighted by molar-refractivity contribution is 7.92. The van der Waals surface area contributed by atoms with Gasteiger partial charge in [-0.25, -0.2) is 8.42 Å². The normalized spacial score (nSPS) is 12.9.